The number of nitrogens with zero attached hydrogens (tertiary/aromatic N) is 4. The number of amides is 1. The van der Waals surface area contributed by atoms with Crippen LogP contribution in [0.4, 0.5) is 10.8 Å². The van der Waals surface area contributed by atoms with E-state index in [0.717, 1.165) is 50.3 Å². The maximum atomic E-state index is 13.3. The van der Waals surface area contributed by atoms with Crippen LogP contribution in [0.15, 0.2) is 33.9 Å². The summed E-state index contributed by atoms with van der Waals surface area (Å²) in [6.07, 6.45) is 6.07. The van der Waals surface area contributed by atoms with Crippen molar-refractivity contribution in [2.24, 2.45) is 5.92 Å². The Hall–Kier alpha value is -2.94. The minimum Gasteiger partial charge on any atom is -0.348 e. The molecule has 9 heteroatoms. The van der Waals surface area contributed by atoms with E-state index in [2.05, 4.69) is 24.1 Å². The summed E-state index contributed by atoms with van der Waals surface area (Å²) in [6, 6.07) is 7.81. The molecule has 0 radical (unpaired) electrons. The van der Waals surface area contributed by atoms with Crippen LogP contribution >= 0.6 is 11.3 Å². The summed E-state index contributed by atoms with van der Waals surface area (Å²) in [5.74, 6) is 0.350. The number of carbonyl (C=O) groups is 1. The number of unbranched alkanes of at least 4 members (excludes halogenated alkanes) is 1. The Morgan fingerprint density at radius 2 is 1.80 bits per heavy atom. The quantitative estimate of drug-likeness (QED) is 0.477. The van der Waals surface area contributed by atoms with Gasteiger partial charge in [-0.25, -0.2) is 9.78 Å². The van der Waals surface area contributed by atoms with Crippen molar-refractivity contribution in [1.82, 2.24) is 14.1 Å². The second-order valence-electron chi connectivity index (χ2n) is 9.49. The van der Waals surface area contributed by atoms with Crippen LogP contribution in [0.1, 0.15) is 58.4 Å². The minimum atomic E-state index is -0.487. The molecule has 0 unspecified atom stereocenters. The minimum absolute atomic E-state index is 0.197. The van der Waals surface area contributed by atoms with Gasteiger partial charge in [0.15, 0.2) is 10.8 Å². The van der Waals surface area contributed by atoms with Crippen LogP contribution in [-0.4, -0.2) is 33.1 Å². The Labute approximate surface area is 209 Å². The van der Waals surface area contributed by atoms with Gasteiger partial charge in [-0.3, -0.25) is 18.7 Å². The molecule has 1 N–H and O–H groups in total. The van der Waals surface area contributed by atoms with Crippen LogP contribution in [0.3, 0.4) is 0 Å². The molecule has 4 rings (SSSR count). The molecule has 188 valence electrons. The second kappa shape index (κ2) is 11.2. The van der Waals surface area contributed by atoms with E-state index in [4.69, 9.17) is 4.98 Å². The van der Waals surface area contributed by atoms with Crippen molar-refractivity contribution in [3.63, 3.8) is 0 Å². The van der Waals surface area contributed by atoms with Crippen molar-refractivity contribution in [3.8, 4) is 0 Å². The number of fused-ring (bicyclic) bond motifs is 1. The number of aromatic nitrogens is 3. The van der Waals surface area contributed by atoms with Crippen molar-refractivity contribution in [3.05, 3.63) is 50.7 Å². The molecular weight excluding hydrogens is 462 g/mol. The number of hydrogen-bond acceptors (Lipinski definition) is 6. The van der Waals surface area contributed by atoms with Gasteiger partial charge in [0.2, 0.25) is 5.91 Å². The molecule has 1 aliphatic heterocycles. The summed E-state index contributed by atoms with van der Waals surface area (Å²) >= 11 is 1.32. The van der Waals surface area contributed by atoms with Gasteiger partial charge in [0, 0.05) is 25.3 Å². The van der Waals surface area contributed by atoms with Gasteiger partial charge >= 0.3 is 5.69 Å². The van der Waals surface area contributed by atoms with Crippen LogP contribution in [0.2, 0.25) is 0 Å². The molecule has 0 saturated carbocycles. The first-order chi connectivity index (χ1) is 16.9. The summed E-state index contributed by atoms with van der Waals surface area (Å²) in [6.45, 7) is 8.19. The van der Waals surface area contributed by atoms with Gasteiger partial charge in [0.1, 0.15) is 11.2 Å². The Morgan fingerprint density at radius 3 is 2.46 bits per heavy atom. The highest BCUT2D eigenvalue weighted by Gasteiger charge is 2.23. The van der Waals surface area contributed by atoms with E-state index in [0.29, 0.717) is 34.9 Å². The predicted octanol–water partition coefficient (Wildman–Crippen LogP) is 4.25. The van der Waals surface area contributed by atoms with Crippen molar-refractivity contribution in [2.75, 3.05) is 23.3 Å². The molecule has 0 bridgehead atoms. The van der Waals surface area contributed by atoms with Crippen LogP contribution in [0, 0.1) is 5.92 Å². The maximum absolute atomic E-state index is 13.3. The molecule has 35 heavy (non-hydrogen) atoms. The van der Waals surface area contributed by atoms with E-state index < -0.39 is 5.69 Å². The van der Waals surface area contributed by atoms with Crippen LogP contribution in [0.5, 0.6) is 0 Å². The first-order valence-corrected chi connectivity index (χ1v) is 13.5. The molecule has 1 saturated heterocycles. The first-order valence-electron chi connectivity index (χ1n) is 12.7. The number of carbonyl (C=O) groups excluding carboxylic acids is 1. The summed E-state index contributed by atoms with van der Waals surface area (Å²) < 4.78 is 3.02. The molecule has 0 spiro atoms. The highest BCUT2D eigenvalue weighted by atomic mass is 32.1. The van der Waals surface area contributed by atoms with E-state index in [9.17, 15) is 14.4 Å². The second-order valence-corrected chi connectivity index (χ2v) is 10.5. The van der Waals surface area contributed by atoms with Gasteiger partial charge in [-0.15, -0.1) is 0 Å². The lowest BCUT2D eigenvalue weighted by Gasteiger charge is -2.29. The van der Waals surface area contributed by atoms with E-state index in [1.807, 2.05) is 31.2 Å². The number of benzene rings is 1. The Kier molecular flexibility index (Phi) is 8.05. The number of nitrogens with one attached hydrogen (secondary N) is 1. The van der Waals surface area contributed by atoms with Crippen molar-refractivity contribution >= 4 is 38.4 Å². The molecule has 2 aromatic heterocycles. The fourth-order valence-corrected chi connectivity index (χ4v) is 5.52. The van der Waals surface area contributed by atoms with Gasteiger partial charge in [-0.1, -0.05) is 50.7 Å². The normalized spacial score (nSPS) is 14.5. The molecule has 1 amide bonds. The average Bonchev–Trinajstić information content (AvgIpc) is 3.30. The van der Waals surface area contributed by atoms with Gasteiger partial charge < -0.3 is 10.2 Å². The molecule has 8 nitrogen and oxygen atoms in total. The number of anilines is 2. The summed E-state index contributed by atoms with van der Waals surface area (Å²) in [5, 5.41) is 3.63. The molecule has 1 aliphatic rings. The van der Waals surface area contributed by atoms with E-state index in [-0.39, 0.29) is 18.0 Å². The Morgan fingerprint density at radius 1 is 1.09 bits per heavy atom. The van der Waals surface area contributed by atoms with Crippen molar-refractivity contribution in [1.29, 1.82) is 0 Å². The zero-order valence-electron chi connectivity index (χ0n) is 20.9. The highest BCUT2D eigenvalue weighted by molar-refractivity contribution is 7.22. The predicted molar refractivity (Wildman–Crippen MR) is 143 cm³/mol. The fourth-order valence-electron chi connectivity index (χ4n) is 4.45. The highest BCUT2D eigenvalue weighted by Crippen LogP contribution is 2.29. The van der Waals surface area contributed by atoms with Crippen molar-refractivity contribution < 1.29 is 4.79 Å². The molecule has 0 atom stereocenters. The van der Waals surface area contributed by atoms with Gasteiger partial charge in [-0.05, 0) is 55.7 Å². The lowest BCUT2D eigenvalue weighted by Crippen LogP contribution is -2.41. The first kappa shape index (κ1) is 25.2. The average molecular weight is 498 g/mol. The summed E-state index contributed by atoms with van der Waals surface area (Å²) in [7, 11) is 0. The molecular formula is C26H35N5O3S. The largest absolute Gasteiger partial charge is 0.348 e. The summed E-state index contributed by atoms with van der Waals surface area (Å²) in [5.41, 5.74) is 1.41. The van der Waals surface area contributed by atoms with E-state index >= 15 is 0 Å². The van der Waals surface area contributed by atoms with E-state index in [1.165, 1.54) is 26.0 Å². The Balaban J connectivity index is 1.62. The molecule has 0 aliphatic carbocycles. The van der Waals surface area contributed by atoms with Crippen molar-refractivity contribution in [2.45, 2.75) is 72.4 Å². The van der Waals surface area contributed by atoms with Gasteiger partial charge in [0.05, 0.1) is 0 Å². The monoisotopic (exact) mass is 497 g/mol. The lowest BCUT2D eigenvalue weighted by molar-refractivity contribution is -0.116. The van der Waals surface area contributed by atoms with Crippen LogP contribution in [-0.2, 0) is 24.3 Å². The third kappa shape index (κ3) is 5.66. The third-order valence-corrected chi connectivity index (χ3v) is 7.71. The molecule has 1 fully saturated rings. The number of hydrogen-bond donors (Lipinski definition) is 1. The maximum Gasteiger partial charge on any atom is 0.333 e. The zero-order valence-corrected chi connectivity index (χ0v) is 21.7. The topological polar surface area (TPSA) is 89.2 Å². The Bertz CT molecular complexity index is 1280. The van der Waals surface area contributed by atoms with Gasteiger partial charge in [-0.2, -0.15) is 0 Å². The fraction of sp³-hybridized carbons (Fsp3) is 0.538. The standard InChI is InChI=1S/C26H35N5O3S/c1-4-6-7-19-8-10-20(11-9-19)27-21(32)17-31-23-22(24(33)30(14-5-2)26(31)34)35-25(28-23)29-15-12-18(3)13-16-29/h8-11,18H,4-7,12-17H2,1-3H3,(H,27,32). The molecule has 1 aromatic carbocycles. The van der Waals surface area contributed by atoms with Crippen LogP contribution in [0.25, 0.3) is 10.3 Å². The smallest absolute Gasteiger partial charge is 0.333 e. The molecule has 3 heterocycles. The number of aryl methyl sites for hydroxylation is 1. The lowest BCUT2D eigenvalue weighted by atomic mass is 10.00. The third-order valence-electron chi connectivity index (χ3n) is 6.61. The number of piperidine rings is 1. The van der Waals surface area contributed by atoms with Crippen LogP contribution < -0.4 is 21.5 Å². The van der Waals surface area contributed by atoms with Gasteiger partial charge in [0.25, 0.3) is 5.56 Å². The summed E-state index contributed by atoms with van der Waals surface area (Å²) in [4.78, 5) is 46.2. The number of thiazole rings is 1. The van der Waals surface area contributed by atoms with E-state index in [1.54, 1.807) is 0 Å². The SMILES string of the molecule is CCCCc1ccc(NC(=O)Cn2c(=O)n(CCC)c(=O)c3sc(N4CCC(C)CC4)nc32)cc1. The zero-order chi connectivity index (χ0) is 24.9. The number of rotatable bonds is 9. The molecule has 3 aromatic rings.